The molecule has 0 spiro atoms. The molecule has 1 unspecified atom stereocenters. The summed E-state index contributed by atoms with van der Waals surface area (Å²) >= 11 is 0. The number of Topliss-reactive ketones (excluding diaryl/α,β-unsaturated/α-hetero) is 1. The molecule has 8 nitrogen and oxygen atoms in total. The Bertz CT molecular complexity index is 811. The van der Waals surface area contributed by atoms with Crippen LogP contribution in [0, 0.1) is 0 Å². The molecule has 0 aromatic heterocycles. The van der Waals surface area contributed by atoms with Crippen molar-refractivity contribution in [1.29, 1.82) is 0 Å². The number of hydrogen-bond acceptors (Lipinski definition) is 8. The van der Waals surface area contributed by atoms with Gasteiger partial charge in [-0.05, 0) is 12.1 Å². The number of phenols is 4. The van der Waals surface area contributed by atoms with Gasteiger partial charge >= 0.3 is 0 Å². The summed E-state index contributed by atoms with van der Waals surface area (Å²) in [5.41, 5.74) is -0.487. The fourth-order valence-corrected chi connectivity index (χ4v) is 2.42. The van der Waals surface area contributed by atoms with E-state index in [1.165, 1.54) is 6.07 Å². The highest BCUT2D eigenvalue weighted by Crippen LogP contribution is 2.45. The molecule has 0 saturated carbocycles. The zero-order valence-corrected chi connectivity index (χ0v) is 11.5. The summed E-state index contributed by atoms with van der Waals surface area (Å²) < 4.78 is 5.33. The molecule has 0 radical (unpaired) electrons. The molecule has 6 N–H and O–H groups in total. The molecule has 8 heteroatoms. The number of carbonyl (C=O) groups is 1. The average molecular weight is 320 g/mol. The second-order valence-electron chi connectivity index (χ2n) is 5.14. The van der Waals surface area contributed by atoms with Gasteiger partial charge in [0.15, 0.2) is 17.6 Å². The molecule has 120 valence electrons. The summed E-state index contributed by atoms with van der Waals surface area (Å²) in [5, 5.41) is 58.3. The van der Waals surface area contributed by atoms with Gasteiger partial charge in [0.1, 0.15) is 22.8 Å². The van der Waals surface area contributed by atoms with Crippen LogP contribution in [0.25, 0.3) is 0 Å². The zero-order valence-electron chi connectivity index (χ0n) is 11.5. The topological polar surface area (TPSA) is 148 Å². The Balaban J connectivity index is 2.16. The first-order valence-corrected chi connectivity index (χ1v) is 6.46. The number of ketones is 1. The summed E-state index contributed by atoms with van der Waals surface area (Å²) in [6, 6.07) is 5.21. The molecular weight excluding hydrogens is 308 g/mol. The van der Waals surface area contributed by atoms with Gasteiger partial charge in [-0.15, -0.1) is 0 Å². The SMILES string of the molecule is O=C1c2c(O)cc(O)cc2OC(c2ccc(O)c(O)c2)C1(O)O. The van der Waals surface area contributed by atoms with Gasteiger partial charge in [0, 0.05) is 17.7 Å². The molecular formula is C15H12O8. The molecule has 0 aliphatic carbocycles. The predicted octanol–water partition coefficient (Wildman–Crippen LogP) is 0.506. The Morgan fingerprint density at radius 1 is 0.913 bits per heavy atom. The van der Waals surface area contributed by atoms with E-state index in [-0.39, 0.29) is 17.1 Å². The number of aliphatic hydroxyl groups is 2. The Labute approximate surface area is 129 Å². The van der Waals surface area contributed by atoms with E-state index < -0.39 is 40.5 Å². The minimum Gasteiger partial charge on any atom is -0.508 e. The lowest BCUT2D eigenvalue weighted by molar-refractivity contribution is -0.186. The van der Waals surface area contributed by atoms with Gasteiger partial charge in [-0.1, -0.05) is 6.07 Å². The molecule has 0 saturated heterocycles. The third-order valence-corrected chi connectivity index (χ3v) is 3.54. The van der Waals surface area contributed by atoms with Gasteiger partial charge in [0.05, 0.1) is 0 Å². The van der Waals surface area contributed by atoms with Crippen molar-refractivity contribution < 1.29 is 40.2 Å². The lowest BCUT2D eigenvalue weighted by atomic mass is 9.89. The van der Waals surface area contributed by atoms with Crippen molar-refractivity contribution in [3.63, 3.8) is 0 Å². The van der Waals surface area contributed by atoms with Gasteiger partial charge in [-0.25, -0.2) is 0 Å². The minimum absolute atomic E-state index is 0.00728. The summed E-state index contributed by atoms with van der Waals surface area (Å²) in [6.07, 6.45) is -1.64. The van der Waals surface area contributed by atoms with Gasteiger partial charge in [0.25, 0.3) is 5.79 Å². The summed E-state index contributed by atoms with van der Waals surface area (Å²) in [4.78, 5) is 12.3. The molecule has 0 amide bonds. The minimum atomic E-state index is -3.02. The largest absolute Gasteiger partial charge is 0.508 e. The van der Waals surface area contributed by atoms with Gasteiger partial charge in [0.2, 0.25) is 5.78 Å². The first kappa shape index (κ1) is 14.9. The smallest absolute Gasteiger partial charge is 0.271 e. The summed E-state index contributed by atoms with van der Waals surface area (Å²) in [6.45, 7) is 0. The fourth-order valence-electron chi connectivity index (χ4n) is 2.42. The van der Waals surface area contributed by atoms with Crippen molar-refractivity contribution in [3.05, 3.63) is 41.5 Å². The average Bonchev–Trinajstić information content (AvgIpc) is 2.45. The van der Waals surface area contributed by atoms with Crippen molar-refractivity contribution in [3.8, 4) is 28.7 Å². The van der Waals surface area contributed by atoms with Crippen LogP contribution >= 0.6 is 0 Å². The molecule has 2 aromatic rings. The first-order chi connectivity index (χ1) is 10.7. The van der Waals surface area contributed by atoms with Crippen molar-refractivity contribution in [2.45, 2.75) is 11.9 Å². The highest BCUT2D eigenvalue weighted by molar-refractivity contribution is 6.07. The lowest BCUT2D eigenvalue weighted by Crippen LogP contribution is -2.49. The van der Waals surface area contributed by atoms with E-state index in [2.05, 4.69) is 0 Å². The van der Waals surface area contributed by atoms with E-state index in [1.807, 2.05) is 0 Å². The van der Waals surface area contributed by atoms with Gasteiger partial charge < -0.3 is 35.4 Å². The molecule has 0 bridgehead atoms. The van der Waals surface area contributed by atoms with Crippen LogP contribution in [0.3, 0.4) is 0 Å². The number of carbonyl (C=O) groups excluding carboxylic acids is 1. The van der Waals surface area contributed by atoms with Crippen molar-refractivity contribution in [1.82, 2.24) is 0 Å². The maximum atomic E-state index is 12.3. The monoisotopic (exact) mass is 320 g/mol. The van der Waals surface area contributed by atoms with Crippen LogP contribution in [0.1, 0.15) is 22.0 Å². The molecule has 1 heterocycles. The van der Waals surface area contributed by atoms with Crippen molar-refractivity contribution in [2.75, 3.05) is 0 Å². The van der Waals surface area contributed by atoms with Crippen LogP contribution < -0.4 is 4.74 Å². The molecule has 0 fully saturated rings. The highest BCUT2D eigenvalue weighted by atomic mass is 16.6. The number of aromatic hydroxyl groups is 4. The molecule has 1 atom stereocenters. The highest BCUT2D eigenvalue weighted by Gasteiger charge is 2.51. The standard InChI is InChI=1S/C15H12O8/c16-7-4-10(19)12-11(5-7)23-14(15(21,22)13(12)20)6-1-2-8(17)9(18)3-6/h1-5,14,16-19,21-22H. The second kappa shape index (κ2) is 4.77. The predicted molar refractivity (Wildman–Crippen MR) is 74.4 cm³/mol. The van der Waals surface area contributed by atoms with E-state index in [0.29, 0.717) is 0 Å². The second-order valence-corrected chi connectivity index (χ2v) is 5.14. The number of benzene rings is 2. The molecule has 1 aliphatic heterocycles. The van der Waals surface area contributed by atoms with E-state index in [4.69, 9.17) is 4.74 Å². The van der Waals surface area contributed by atoms with E-state index >= 15 is 0 Å². The van der Waals surface area contributed by atoms with E-state index in [0.717, 1.165) is 24.3 Å². The Kier molecular flexibility index (Phi) is 3.10. The molecule has 1 aliphatic rings. The van der Waals surface area contributed by atoms with Crippen LogP contribution in [-0.2, 0) is 0 Å². The van der Waals surface area contributed by atoms with Gasteiger partial charge in [-0.3, -0.25) is 4.79 Å². The third kappa shape index (κ3) is 2.20. The van der Waals surface area contributed by atoms with E-state index in [1.54, 1.807) is 0 Å². The van der Waals surface area contributed by atoms with Crippen molar-refractivity contribution >= 4 is 5.78 Å². The van der Waals surface area contributed by atoms with Crippen LogP contribution in [-0.4, -0.2) is 42.2 Å². The fraction of sp³-hybridized carbons (Fsp3) is 0.133. The van der Waals surface area contributed by atoms with Crippen LogP contribution in [0.2, 0.25) is 0 Å². The van der Waals surface area contributed by atoms with Crippen LogP contribution in [0.4, 0.5) is 0 Å². The number of hydrogen-bond donors (Lipinski definition) is 6. The summed E-state index contributed by atoms with van der Waals surface area (Å²) in [7, 11) is 0. The molecule has 3 rings (SSSR count). The Morgan fingerprint density at radius 3 is 2.26 bits per heavy atom. The number of fused-ring (bicyclic) bond motifs is 1. The number of phenolic OH excluding ortho intramolecular Hbond substituents is 4. The molecule has 2 aromatic carbocycles. The number of ether oxygens (including phenoxy) is 1. The Morgan fingerprint density at radius 2 is 1.61 bits per heavy atom. The van der Waals surface area contributed by atoms with Gasteiger partial charge in [-0.2, -0.15) is 0 Å². The zero-order chi connectivity index (χ0) is 16.9. The maximum absolute atomic E-state index is 12.3. The normalized spacial score (nSPS) is 19.0. The number of rotatable bonds is 1. The van der Waals surface area contributed by atoms with E-state index in [9.17, 15) is 35.4 Å². The van der Waals surface area contributed by atoms with Crippen LogP contribution in [0.5, 0.6) is 28.7 Å². The van der Waals surface area contributed by atoms with Crippen LogP contribution in [0.15, 0.2) is 30.3 Å². The van der Waals surface area contributed by atoms with Crippen molar-refractivity contribution in [2.24, 2.45) is 0 Å². The Hall–Kier alpha value is -2.97. The lowest BCUT2D eigenvalue weighted by Gasteiger charge is -2.35. The maximum Gasteiger partial charge on any atom is 0.271 e. The first-order valence-electron chi connectivity index (χ1n) is 6.46. The molecule has 23 heavy (non-hydrogen) atoms. The quantitative estimate of drug-likeness (QED) is 0.329. The summed E-state index contributed by atoms with van der Waals surface area (Å²) in [5.74, 6) is -6.52. The third-order valence-electron chi connectivity index (χ3n) is 3.54.